The summed E-state index contributed by atoms with van der Waals surface area (Å²) in [6.07, 6.45) is 0. The zero-order valence-corrected chi connectivity index (χ0v) is 11.0. The summed E-state index contributed by atoms with van der Waals surface area (Å²) in [4.78, 5) is 4.47. The summed E-state index contributed by atoms with van der Waals surface area (Å²) in [5, 5.41) is 6.60. The molecule has 0 radical (unpaired) electrons. The van der Waals surface area contributed by atoms with Crippen LogP contribution in [0, 0.1) is 6.92 Å². The summed E-state index contributed by atoms with van der Waals surface area (Å²) in [5.74, 6) is 0.858. The van der Waals surface area contributed by atoms with Crippen molar-refractivity contribution >= 4 is 17.0 Å². The highest BCUT2D eigenvalue weighted by atomic mass is 32.1. The van der Waals surface area contributed by atoms with Crippen molar-refractivity contribution in [3.63, 3.8) is 0 Å². The molecule has 2 aromatic rings. The average Bonchev–Trinajstić information content (AvgIpc) is 2.76. The van der Waals surface area contributed by atoms with Gasteiger partial charge < -0.3 is 10.1 Å². The van der Waals surface area contributed by atoms with Crippen LogP contribution in [0.2, 0.25) is 0 Å². The van der Waals surface area contributed by atoms with E-state index in [1.165, 1.54) is 0 Å². The quantitative estimate of drug-likeness (QED) is 0.897. The standard InChI is InChI=1S/C13H16N2OS/c1-9(13-8-17-10(2)15-13)14-11-5-4-6-12(7-11)16-3/h4-9,14H,1-3H3. The predicted molar refractivity (Wildman–Crippen MR) is 71.9 cm³/mol. The molecule has 0 amide bonds. The average molecular weight is 248 g/mol. The first-order valence-electron chi connectivity index (χ1n) is 5.51. The monoisotopic (exact) mass is 248 g/mol. The number of aromatic nitrogens is 1. The summed E-state index contributed by atoms with van der Waals surface area (Å²) in [5.41, 5.74) is 2.12. The van der Waals surface area contributed by atoms with Crippen molar-refractivity contribution in [1.82, 2.24) is 4.98 Å². The summed E-state index contributed by atoms with van der Waals surface area (Å²) in [6.45, 7) is 4.13. The van der Waals surface area contributed by atoms with Gasteiger partial charge in [-0.2, -0.15) is 0 Å². The number of benzene rings is 1. The van der Waals surface area contributed by atoms with Crippen LogP contribution >= 0.6 is 11.3 Å². The molecule has 0 aliphatic rings. The van der Waals surface area contributed by atoms with Gasteiger partial charge in [0.15, 0.2) is 0 Å². The molecule has 1 aromatic heterocycles. The number of thiazole rings is 1. The van der Waals surface area contributed by atoms with Crippen LogP contribution in [0.5, 0.6) is 5.75 Å². The van der Waals surface area contributed by atoms with Crippen LogP contribution in [0.25, 0.3) is 0 Å². The second kappa shape index (κ2) is 5.19. The van der Waals surface area contributed by atoms with E-state index in [-0.39, 0.29) is 6.04 Å². The normalized spacial score (nSPS) is 12.2. The van der Waals surface area contributed by atoms with E-state index in [2.05, 4.69) is 22.6 Å². The Morgan fingerprint density at radius 2 is 2.24 bits per heavy atom. The fourth-order valence-electron chi connectivity index (χ4n) is 1.62. The van der Waals surface area contributed by atoms with E-state index in [0.29, 0.717) is 0 Å². The van der Waals surface area contributed by atoms with Gasteiger partial charge in [-0.15, -0.1) is 11.3 Å². The third-order valence-corrected chi connectivity index (χ3v) is 3.33. The Morgan fingerprint density at radius 3 is 2.88 bits per heavy atom. The summed E-state index contributed by atoms with van der Waals surface area (Å²) >= 11 is 1.68. The maximum Gasteiger partial charge on any atom is 0.120 e. The smallest absolute Gasteiger partial charge is 0.120 e. The molecule has 4 heteroatoms. The minimum atomic E-state index is 0.201. The van der Waals surface area contributed by atoms with Gasteiger partial charge in [-0.3, -0.25) is 0 Å². The van der Waals surface area contributed by atoms with Gasteiger partial charge in [0, 0.05) is 17.1 Å². The molecule has 1 atom stereocenters. The highest BCUT2D eigenvalue weighted by Gasteiger charge is 2.08. The molecule has 0 spiro atoms. The summed E-state index contributed by atoms with van der Waals surface area (Å²) < 4.78 is 5.19. The lowest BCUT2D eigenvalue weighted by atomic mass is 10.2. The van der Waals surface area contributed by atoms with Crippen molar-refractivity contribution < 1.29 is 4.74 Å². The molecule has 17 heavy (non-hydrogen) atoms. The lowest BCUT2D eigenvalue weighted by Gasteiger charge is -2.13. The highest BCUT2D eigenvalue weighted by Crippen LogP contribution is 2.23. The molecule has 0 saturated heterocycles. The first-order chi connectivity index (χ1) is 8.19. The van der Waals surface area contributed by atoms with Crippen molar-refractivity contribution in [3.8, 4) is 5.75 Å². The first kappa shape index (κ1) is 11.9. The zero-order chi connectivity index (χ0) is 12.3. The van der Waals surface area contributed by atoms with E-state index in [0.717, 1.165) is 22.1 Å². The minimum absolute atomic E-state index is 0.201. The molecule has 0 saturated carbocycles. The Balaban J connectivity index is 2.09. The molecule has 0 bridgehead atoms. The van der Waals surface area contributed by atoms with Crippen LogP contribution < -0.4 is 10.1 Å². The SMILES string of the molecule is COc1cccc(NC(C)c2csc(C)n2)c1. The van der Waals surface area contributed by atoms with E-state index in [1.807, 2.05) is 31.2 Å². The maximum atomic E-state index is 5.19. The number of anilines is 1. The van der Waals surface area contributed by atoms with Crippen molar-refractivity contribution in [3.05, 3.63) is 40.3 Å². The highest BCUT2D eigenvalue weighted by molar-refractivity contribution is 7.09. The van der Waals surface area contributed by atoms with E-state index in [1.54, 1.807) is 18.4 Å². The Kier molecular flexibility index (Phi) is 3.64. The van der Waals surface area contributed by atoms with Gasteiger partial charge in [0.05, 0.1) is 23.9 Å². The van der Waals surface area contributed by atoms with Crippen LogP contribution in [0.4, 0.5) is 5.69 Å². The van der Waals surface area contributed by atoms with E-state index >= 15 is 0 Å². The topological polar surface area (TPSA) is 34.1 Å². The van der Waals surface area contributed by atoms with Crippen molar-refractivity contribution in [2.45, 2.75) is 19.9 Å². The lowest BCUT2D eigenvalue weighted by Crippen LogP contribution is -2.06. The first-order valence-corrected chi connectivity index (χ1v) is 6.39. The minimum Gasteiger partial charge on any atom is -0.497 e. The number of nitrogens with zero attached hydrogens (tertiary/aromatic N) is 1. The second-order valence-corrected chi connectivity index (χ2v) is 4.95. The predicted octanol–water partition coefficient (Wildman–Crippen LogP) is 3.63. The van der Waals surface area contributed by atoms with Gasteiger partial charge in [-0.05, 0) is 26.0 Å². The summed E-state index contributed by atoms with van der Waals surface area (Å²) in [6, 6.07) is 8.11. The molecular weight excluding hydrogens is 232 g/mol. The fourth-order valence-corrected chi connectivity index (χ4v) is 2.32. The zero-order valence-electron chi connectivity index (χ0n) is 10.2. The van der Waals surface area contributed by atoms with Gasteiger partial charge in [0.25, 0.3) is 0 Å². The van der Waals surface area contributed by atoms with Crippen molar-refractivity contribution in [2.75, 3.05) is 12.4 Å². The molecule has 0 aliphatic carbocycles. The molecule has 1 heterocycles. The maximum absolute atomic E-state index is 5.19. The molecule has 90 valence electrons. The number of hydrogen-bond acceptors (Lipinski definition) is 4. The third-order valence-electron chi connectivity index (χ3n) is 2.53. The molecule has 1 N–H and O–H groups in total. The number of aryl methyl sites for hydroxylation is 1. The van der Waals surface area contributed by atoms with Crippen LogP contribution in [0.1, 0.15) is 23.7 Å². The van der Waals surface area contributed by atoms with Crippen molar-refractivity contribution in [1.29, 1.82) is 0 Å². The van der Waals surface area contributed by atoms with Crippen LogP contribution in [0.3, 0.4) is 0 Å². The Labute approximate surface area is 105 Å². The molecule has 0 fully saturated rings. The Hall–Kier alpha value is -1.55. The second-order valence-electron chi connectivity index (χ2n) is 3.89. The molecular formula is C13H16N2OS. The van der Waals surface area contributed by atoms with E-state index in [9.17, 15) is 0 Å². The number of rotatable bonds is 4. The van der Waals surface area contributed by atoms with Gasteiger partial charge in [-0.25, -0.2) is 4.98 Å². The van der Waals surface area contributed by atoms with Crippen molar-refractivity contribution in [2.24, 2.45) is 0 Å². The van der Waals surface area contributed by atoms with Gasteiger partial charge >= 0.3 is 0 Å². The van der Waals surface area contributed by atoms with Gasteiger partial charge in [0.1, 0.15) is 5.75 Å². The summed E-state index contributed by atoms with van der Waals surface area (Å²) in [7, 11) is 1.67. The molecule has 1 unspecified atom stereocenters. The van der Waals surface area contributed by atoms with Gasteiger partial charge in [0.2, 0.25) is 0 Å². The number of nitrogens with one attached hydrogen (secondary N) is 1. The lowest BCUT2D eigenvalue weighted by molar-refractivity contribution is 0.415. The third kappa shape index (κ3) is 2.97. The molecule has 1 aromatic carbocycles. The van der Waals surface area contributed by atoms with Crippen LogP contribution in [0.15, 0.2) is 29.6 Å². The van der Waals surface area contributed by atoms with E-state index in [4.69, 9.17) is 4.74 Å². The number of hydrogen-bond donors (Lipinski definition) is 1. The largest absolute Gasteiger partial charge is 0.497 e. The molecule has 2 rings (SSSR count). The molecule has 0 aliphatic heterocycles. The van der Waals surface area contributed by atoms with Crippen LogP contribution in [-0.4, -0.2) is 12.1 Å². The number of ether oxygens (including phenoxy) is 1. The Morgan fingerprint density at radius 1 is 1.41 bits per heavy atom. The van der Waals surface area contributed by atoms with E-state index < -0.39 is 0 Å². The Bertz CT molecular complexity index is 496. The van der Waals surface area contributed by atoms with Crippen LogP contribution in [-0.2, 0) is 0 Å². The van der Waals surface area contributed by atoms with Gasteiger partial charge in [-0.1, -0.05) is 6.07 Å². The fraction of sp³-hybridized carbons (Fsp3) is 0.308. The molecule has 3 nitrogen and oxygen atoms in total. The number of methoxy groups -OCH3 is 1.